The fraction of sp³-hybridized carbons (Fsp3) is 0.231. The lowest BCUT2D eigenvalue weighted by Gasteiger charge is -2.13. The van der Waals surface area contributed by atoms with Crippen LogP contribution < -0.4 is 33.2 Å². The monoisotopic (exact) mass is 832 g/mol. The van der Waals surface area contributed by atoms with Crippen molar-refractivity contribution in [1.29, 1.82) is 0 Å². The minimum Gasteiger partial charge on any atom is -0.395 e. The van der Waals surface area contributed by atoms with Crippen molar-refractivity contribution in [2.75, 3.05) is 21.7 Å². The van der Waals surface area contributed by atoms with E-state index in [1.165, 1.54) is 23.1 Å². The number of anilines is 4. The average molecular weight is 833 g/mol. The SMILES string of the molecule is CCn1nc(C)cc1C(=O)Nc1nc2cc(C(N)=O)cc(NCc3ccc(Cl)cn3)c2n1C/C=C/Cn1c(NC(=O)c2c(N)c(C)nn2CC)nc2cc(C(N)=O)cnc21. The molecule has 0 aliphatic heterocycles. The van der Waals surface area contributed by atoms with E-state index in [-0.39, 0.29) is 54.0 Å². The number of aromatic nitrogens is 10. The second kappa shape index (κ2) is 16.7. The number of allylic oxidation sites excluding steroid dienone is 2. The molecule has 0 spiro atoms. The Bertz CT molecular complexity index is 2850. The van der Waals surface area contributed by atoms with Gasteiger partial charge >= 0.3 is 0 Å². The van der Waals surface area contributed by atoms with Gasteiger partial charge < -0.3 is 27.1 Å². The molecule has 0 aliphatic carbocycles. The van der Waals surface area contributed by atoms with Crippen molar-refractivity contribution in [3.05, 3.63) is 106 Å². The van der Waals surface area contributed by atoms with Gasteiger partial charge in [0.25, 0.3) is 11.8 Å². The summed E-state index contributed by atoms with van der Waals surface area (Å²) in [6, 6.07) is 9.82. The highest BCUT2D eigenvalue weighted by Crippen LogP contribution is 2.30. The van der Waals surface area contributed by atoms with Crippen molar-refractivity contribution in [1.82, 2.24) is 48.6 Å². The molecule has 21 heteroatoms. The molecule has 1 aromatic carbocycles. The molecule has 6 heterocycles. The number of pyridine rings is 2. The van der Waals surface area contributed by atoms with Crippen LogP contribution in [0.3, 0.4) is 0 Å². The van der Waals surface area contributed by atoms with Crippen LogP contribution >= 0.6 is 11.6 Å². The summed E-state index contributed by atoms with van der Waals surface area (Å²) in [6.07, 6.45) is 6.50. The van der Waals surface area contributed by atoms with Crippen molar-refractivity contribution in [2.24, 2.45) is 11.5 Å². The first kappa shape index (κ1) is 40.6. The summed E-state index contributed by atoms with van der Waals surface area (Å²) in [6.45, 7) is 8.63. The van der Waals surface area contributed by atoms with Gasteiger partial charge in [0.15, 0.2) is 5.65 Å². The first-order chi connectivity index (χ1) is 28.8. The molecular weight excluding hydrogens is 792 g/mol. The van der Waals surface area contributed by atoms with E-state index < -0.39 is 23.6 Å². The topological polar surface area (TPSA) is 279 Å². The molecule has 20 nitrogen and oxygen atoms in total. The van der Waals surface area contributed by atoms with Crippen LogP contribution in [0.4, 0.5) is 23.3 Å². The molecule has 0 bridgehead atoms. The number of nitrogens with zero attached hydrogens (tertiary/aromatic N) is 10. The molecule has 7 aromatic rings. The van der Waals surface area contributed by atoms with Gasteiger partial charge in [-0.3, -0.25) is 48.7 Å². The van der Waals surface area contributed by atoms with E-state index >= 15 is 0 Å². The van der Waals surface area contributed by atoms with Gasteiger partial charge in [0.1, 0.15) is 16.9 Å². The molecule has 7 rings (SSSR count). The second-order valence-electron chi connectivity index (χ2n) is 13.6. The summed E-state index contributed by atoms with van der Waals surface area (Å²) in [5.41, 5.74) is 22.5. The lowest BCUT2D eigenvalue weighted by atomic mass is 10.1. The molecule has 4 amide bonds. The maximum Gasteiger partial charge on any atom is 0.278 e. The van der Waals surface area contributed by atoms with Crippen molar-refractivity contribution in [2.45, 2.75) is 60.4 Å². The Kier molecular flexibility index (Phi) is 11.3. The number of halogens is 1. The van der Waals surface area contributed by atoms with Crippen LogP contribution in [0.2, 0.25) is 5.02 Å². The Morgan fingerprint density at radius 1 is 0.783 bits per heavy atom. The summed E-state index contributed by atoms with van der Waals surface area (Å²) in [5, 5.41) is 18.4. The van der Waals surface area contributed by atoms with Crippen LogP contribution in [0.15, 0.2) is 60.9 Å². The zero-order chi connectivity index (χ0) is 42.8. The van der Waals surface area contributed by atoms with Crippen LogP contribution in [0.1, 0.15) is 72.6 Å². The van der Waals surface area contributed by atoms with E-state index in [9.17, 15) is 19.2 Å². The van der Waals surface area contributed by atoms with Crippen molar-refractivity contribution < 1.29 is 19.2 Å². The van der Waals surface area contributed by atoms with Crippen LogP contribution in [0, 0.1) is 13.8 Å². The number of amides is 4. The minimum atomic E-state index is -0.689. The molecule has 0 aliphatic rings. The van der Waals surface area contributed by atoms with E-state index in [1.807, 2.05) is 26.0 Å². The van der Waals surface area contributed by atoms with Gasteiger partial charge in [0.2, 0.25) is 23.7 Å². The number of nitrogens with one attached hydrogen (secondary N) is 3. The molecule has 6 aromatic heterocycles. The highest BCUT2D eigenvalue weighted by atomic mass is 35.5. The fourth-order valence-corrected chi connectivity index (χ4v) is 6.76. The highest BCUT2D eigenvalue weighted by Gasteiger charge is 2.24. The quantitative estimate of drug-likeness (QED) is 0.0799. The molecule has 9 N–H and O–H groups in total. The molecule has 0 unspecified atom stereocenters. The first-order valence-electron chi connectivity index (χ1n) is 18.8. The molecule has 60 heavy (non-hydrogen) atoms. The second-order valence-corrected chi connectivity index (χ2v) is 14.1. The van der Waals surface area contributed by atoms with E-state index in [4.69, 9.17) is 33.8 Å². The Labute approximate surface area is 346 Å². The third-order valence-electron chi connectivity index (χ3n) is 9.56. The Hall–Kier alpha value is -7.61. The number of aryl methyl sites for hydroxylation is 4. The van der Waals surface area contributed by atoms with Gasteiger partial charge in [-0.05, 0) is 64.1 Å². The van der Waals surface area contributed by atoms with E-state index in [0.29, 0.717) is 68.8 Å². The number of carbonyl (C=O) groups excluding carboxylic acids is 4. The maximum atomic E-state index is 13.8. The van der Waals surface area contributed by atoms with Crippen LogP contribution in [-0.2, 0) is 32.7 Å². The van der Waals surface area contributed by atoms with Crippen molar-refractivity contribution in [3.8, 4) is 0 Å². The summed E-state index contributed by atoms with van der Waals surface area (Å²) >= 11 is 6.06. The number of imidazole rings is 2. The third kappa shape index (κ3) is 8.07. The normalized spacial score (nSPS) is 11.5. The van der Waals surface area contributed by atoms with E-state index in [0.717, 1.165) is 0 Å². The summed E-state index contributed by atoms with van der Waals surface area (Å²) in [7, 11) is 0. The molecule has 0 radical (unpaired) electrons. The van der Waals surface area contributed by atoms with Crippen molar-refractivity contribution in [3.63, 3.8) is 0 Å². The van der Waals surface area contributed by atoms with Gasteiger partial charge in [-0.1, -0.05) is 23.8 Å². The first-order valence-corrected chi connectivity index (χ1v) is 19.1. The molecule has 0 fully saturated rings. The van der Waals surface area contributed by atoms with Crippen LogP contribution in [0.25, 0.3) is 22.2 Å². The number of rotatable bonds is 15. The summed E-state index contributed by atoms with van der Waals surface area (Å²) in [4.78, 5) is 70.1. The molecular formula is C39H41ClN16O4. The molecule has 0 saturated heterocycles. The van der Waals surface area contributed by atoms with Crippen LogP contribution in [0.5, 0.6) is 0 Å². The Balaban J connectivity index is 1.27. The Morgan fingerprint density at radius 2 is 1.45 bits per heavy atom. The largest absolute Gasteiger partial charge is 0.395 e. The van der Waals surface area contributed by atoms with Gasteiger partial charge in [-0.2, -0.15) is 10.2 Å². The zero-order valence-electron chi connectivity index (χ0n) is 33.0. The number of fused-ring (bicyclic) bond motifs is 2. The van der Waals surface area contributed by atoms with Crippen LogP contribution in [-0.4, -0.2) is 72.3 Å². The summed E-state index contributed by atoms with van der Waals surface area (Å²) in [5.74, 6) is -2.04. The number of nitrogens with two attached hydrogens (primary N) is 3. The van der Waals surface area contributed by atoms with E-state index in [1.54, 1.807) is 58.0 Å². The number of primary amides is 2. The highest BCUT2D eigenvalue weighted by molar-refractivity contribution is 6.30. The fourth-order valence-electron chi connectivity index (χ4n) is 6.65. The van der Waals surface area contributed by atoms with Gasteiger partial charge in [0, 0.05) is 44.1 Å². The maximum absolute atomic E-state index is 13.8. The molecule has 308 valence electrons. The van der Waals surface area contributed by atoms with Gasteiger partial charge in [-0.15, -0.1) is 0 Å². The van der Waals surface area contributed by atoms with E-state index in [2.05, 4.69) is 41.1 Å². The van der Waals surface area contributed by atoms with Crippen molar-refractivity contribution >= 4 is 80.7 Å². The molecule has 0 atom stereocenters. The standard InChI is InChI=1S/C39H41ClN16O4/c1-5-55-29(13-20(3)51-55)36(59)49-38-47-27-15-22(33(42)57)14-26(45-19-25-10-9-24(40)18-44-25)31(27)53(38)11-7-8-12-54-35-28(16-23(17-46-35)34(43)58)48-39(54)50-37(60)32-30(41)21(4)52-56(32)6-2/h7-10,13-18,45H,5-6,11-12,19,41H2,1-4H3,(H2,42,57)(H2,43,58)(H,47,49,59)(H,48,50,60)/b8-7+. The average Bonchev–Trinajstić information content (AvgIpc) is 3.96. The molecule has 0 saturated carbocycles. The third-order valence-corrected chi connectivity index (χ3v) is 9.78. The Morgan fingerprint density at radius 3 is 2.13 bits per heavy atom. The minimum absolute atomic E-state index is 0.125. The number of benzene rings is 1. The lowest BCUT2D eigenvalue weighted by Crippen LogP contribution is -2.21. The number of carbonyl (C=O) groups is 4. The van der Waals surface area contributed by atoms with Gasteiger partial charge in [0.05, 0.1) is 56.6 Å². The summed E-state index contributed by atoms with van der Waals surface area (Å²) < 4.78 is 6.51. The smallest absolute Gasteiger partial charge is 0.278 e. The van der Waals surface area contributed by atoms with Gasteiger partial charge in [-0.25, -0.2) is 15.0 Å². The predicted molar refractivity (Wildman–Crippen MR) is 226 cm³/mol. The predicted octanol–water partition coefficient (Wildman–Crippen LogP) is 4.03. The number of hydrogen-bond donors (Lipinski definition) is 6. The number of nitrogen functional groups attached to an aromatic ring is 1. The lowest BCUT2D eigenvalue weighted by molar-refractivity contribution is 0.0992. The zero-order valence-corrected chi connectivity index (χ0v) is 33.8. The number of hydrogen-bond acceptors (Lipinski definition) is 12.